The number of rotatable bonds is 7. The number of aliphatic imine (C=N–C) groups is 1. The van der Waals surface area contributed by atoms with Gasteiger partial charge < -0.3 is 15.4 Å². The summed E-state index contributed by atoms with van der Waals surface area (Å²) < 4.78 is 5.81. The number of morpholine rings is 1. The lowest BCUT2D eigenvalue weighted by atomic mass is 10.1. The highest BCUT2D eigenvalue weighted by atomic mass is 127. The third-order valence-electron chi connectivity index (χ3n) is 5.43. The van der Waals surface area contributed by atoms with E-state index in [9.17, 15) is 0 Å². The Morgan fingerprint density at radius 1 is 1.11 bits per heavy atom. The zero-order chi connectivity index (χ0) is 19.1. The molecule has 2 heterocycles. The minimum Gasteiger partial charge on any atom is -0.373 e. The first-order valence-electron chi connectivity index (χ1n) is 10.6. The summed E-state index contributed by atoms with van der Waals surface area (Å²) in [7, 11) is 0. The Hall–Kier alpha value is -0.120. The van der Waals surface area contributed by atoms with E-state index >= 15 is 0 Å². The fourth-order valence-electron chi connectivity index (χ4n) is 4.06. The number of nitrogens with zero attached hydrogens (tertiary/aromatic N) is 3. The monoisotopic (exact) mass is 495 g/mol. The van der Waals surface area contributed by atoms with Crippen LogP contribution >= 0.6 is 24.0 Å². The van der Waals surface area contributed by atoms with Crippen LogP contribution in [-0.2, 0) is 4.74 Å². The molecular formula is C20H42IN5O. The van der Waals surface area contributed by atoms with Gasteiger partial charge in [-0.25, -0.2) is 0 Å². The van der Waals surface area contributed by atoms with Gasteiger partial charge in [-0.15, -0.1) is 24.0 Å². The van der Waals surface area contributed by atoms with Gasteiger partial charge in [-0.1, -0.05) is 6.92 Å². The largest absolute Gasteiger partial charge is 0.373 e. The van der Waals surface area contributed by atoms with Crippen molar-refractivity contribution in [3.05, 3.63) is 0 Å². The van der Waals surface area contributed by atoms with E-state index in [2.05, 4.69) is 62.0 Å². The topological polar surface area (TPSA) is 52.1 Å². The summed E-state index contributed by atoms with van der Waals surface area (Å²) in [5.74, 6) is 1.62. The van der Waals surface area contributed by atoms with E-state index in [4.69, 9.17) is 9.73 Å². The van der Waals surface area contributed by atoms with Crippen molar-refractivity contribution < 1.29 is 4.74 Å². The van der Waals surface area contributed by atoms with Gasteiger partial charge in [0, 0.05) is 57.9 Å². The molecule has 0 radical (unpaired) electrons. The van der Waals surface area contributed by atoms with E-state index in [0.717, 1.165) is 51.6 Å². The maximum atomic E-state index is 5.81. The first-order valence-corrected chi connectivity index (χ1v) is 10.6. The van der Waals surface area contributed by atoms with Crippen molar-refractivity contribution >= 4 is 29.9 Å². The van der Waals surface area contributed by atoms with Gasteiger partial charge in [0.2, 0.25) is 0 Å². The molecule has 160 valence electrons. The van der Waals surface area contributed by atoms with Gasteiger partial charge in [-0.2, -0.15) is 0 Å². The van der Waals surface area contributed by atoms with Crippen molar-refractivity contribution in [2.45, 2.75) is 72.3 Å². The van der Waals surface area contributed by atoms with Crippen molar-refractivity contribution in [2.75, 3.05) is 45.8 Å². The first kappa shape index (κ1) is 24.9. The SMILES string of the molecule is CCNC(=NCCCN1CC(C)OC(C)C1)NC1CN(C(C)C)CC1C.I. The maximum absolute atomic E-state index is 5.81. The number of nitrogens with one attached hydrogen (secondary N) is 2. The molecule has 7 heteroatoms. The van der Waals surface area contributed by atoms with Crippen molar-refractivity contribution in [2.24, 2.45) is 10.9 Å². The highest BCUT2D eigenvalue weighted by molar-refractivity contribution is 14.0. The Morgan fingerprint density at radius 2 is 1.78 bits per heavy atom. The molecule has 2 N–H and O–H groups in total. The number of hydrogen-bond acceptors (Lipinski definition) is 4. The average Bonchev–Trinajstić information content (AvgIpc) is 2.92. The molecule has 0 saturated carbocycles. The molecule has 0 aromatic rings. The number of ether oxygens (including phenoxy) is 1. The van der Waals surface area contributed by atoms with Crippen LogP contribution in [0.1, 0.15) is 48.0 Å². The van der Waals surface area contributed by atoms with E-state index in [-0.39, 0.29) is 24.0 Å². The Labute approximate surface area is 183 Å². The summed E-state index contributed by atoms with van der Waals surface area (Å²) in [4.78, 5) is 9.88. The zero-order valence-electron chi connectivity index (χ0n) is 18.2. The molecule has 0 amide bonds. The predicted molar refractivity (Wildman–Crippen MR) is 125 cm³/mol. The molecule has 4 unspecified atom stereocenters. The van der Waals surface area contributed by atoms with Crippen LogP contribution in [-0.4, -0.2) is 85.9 Å². The molecule has 0 aliphatic carbocycles. The van der Waals surface area contributed by atoms with Crippen LogP contribution in [0.2, 0.25) is 0 Å². The van der Waals surface area contributed by atoms with Crippen LogP contribution < -0.4 is 10.6 Å². The van der Waals surface area contributed by atoms with Crippen molar-refractivity contribution in [3.8, 4) is 0 Å². The van der Waals surface area contributed by atoms with Crippen LogP contribution in [0.3, 0.4) is 0 Å². The van der Waals surface area contributed by atoms with Gasteiger partial charge in [0.25, 0.3) is 0 Å². The third-order valence-corrected chi connectivity index (χ3v) is 5.43. The second-order valence-corrected chi connectivity index (χ2v) is 8.41. The fourth-order valence-corrected chi connectivity index (χ4v) is 4.06. The normalized spacial score (nSPS) is 30.4. The van der Waals surface area contributed by atoms with Crippen molar-refractivity contribution in [3.63, 3.8) is 0 Å². The van der Waals surface area contributed by atoms with Gasteiger partial charge in [0.15, 0.2) is 5.96 Å². The van der Waals surface area contributed by atoms with Gasteiger partial charge in [0.1, 0.15) is 0 Å². The standard InChI is InChI=1S/C20H41N5O.HI/c1-7-21-20(23-19-14-25(15(2)3)11-16(19)4)22-9-8-10-24-12-17(5)26-18(6)13-24;/h15-19H,7-14H2,1-6H3,(H2,21,22,23);1H. The fraction of sp³-hybridized carbons (Fsp3) is 0.950. The van der Waals surface area contributed by atoms with E-state index in [1.165, 1.54) is 6.54 Å². The molecule has 2 fully saturated rings. The molecule has 0 aromatic carbocycles. The molecule has 2 saturated heterocycles. The molecule has 2 aliphatic heterocycles. The minimum atomic E-state index is 0. The van der Waals surface area contributed by atoms with Crippen LogP contribution in [0.15, 0.2) is 4.99 Å². The molecule has 4 atom stereocenters. The van der Waals surface area contributed by atoms with Gasteiger partial charge in [0.05, 0.1) is 12.2 Å². The number of hydrogen-bond donors (Lipinski definition) is 2. The summed E-state index contributed by atoms with van der Waals surface area (Å²) in [6, 6.07) is 1.10. The third kappa shape index (κ3) is 8.41. The highest BCUT2D eigenvalue weighted by Crippen LogP contribution is 2.18. The molecule has 27 heavy (non-hydrogen) atoms. The Kier molecular flexibility index (Phi) is 11.5. The summed E-state index contributed by atoms with van der Waals surface area (Å²) in [6.07, 6.45) is 1.77. The second kappa shape index (κ2) is 12.4. The highest BCUT2D eigenvalue weighted by Gasteiger charge is 2.31. The van der Waals surface area contributed by atoms with Crippen molar-refractivity contribution in [1.29, 1.82) is 0 Å². The van der Waals surface area contributed by atoms with Gasteiger partial charge >= 0.3 is 0 Å². The Morgan fingerprint density at radius 3 is 2.33 bits per heavy atom. The quantitative estimate of drug-likeness (QED) is 0.246. The minimum absolute atomic E-state index is 0. The number of halogens is 1. The summed E-state index contributed by atoms with van der Waals surface area (Å²) in [6.45, 7) is 20.6. The molecule has 2 rings (SSSR count). The molecule has 0 spiro atoms. The van der Waals surface area contributed by atoms with Crippen LogP contribution in [0.5, 0.6) is 0 Å². The molecule has 0 aromatic heterocycles. The summed E-state index contributed by atoms with van der Waals surface area (Å²) in [5, 5.41) is 7.08. The summed E-state index contributed by atoms with van der Waals surface area (Å²) >= 11 is 0. The molecule has 0 bridgehead atoms. The zero-order valence-corrected chi connectivity index (χ0v) is 20.5. The molecular weight excluding hydrogens is 453 g/mol. The Balaban J connectivity index is 0.00000364. The smallest absolute Gasteiger partial charge is 0.191 e. The van der Waals surface area contributed by atoms with Crippen LogP contribution in [0.25, 0.3) is 0 Å². The second-order valence-electron chi connectivity index (χ2n) is 8.41. The lowest BCUT2D eigenvalue weighted by molar-refractivity contribution is -0.0679. The average molecular weight is 495 g/mol. The van der Waals surface area contributed by atoms with Crippen molar-refractivity contribution in [1.82, 2.24) is 20.4 Å². The van der Waals surface area contributed by atoms with Gasteiger partial charge in [-0.3, -0.25) is 14.8 Å². The van der Waals surface area contributed by atoms with Crippen LogP contribution in [0.4, 0.5) is 0 Å². The predicted octanol–water partition coefficient (Wildman–Crippen LogP) is 2.39. The lowest BCUT2D eigenvalue weighted by Crippen LogP contribution is -2.47. The molecule has 2 aliphatic rings. The maximum Gasteiger partial charge on any atom is 0.191 e. The van der Waals surface area contributed by atoms with E-state index in [1.807, 2.05) is 0 Å². The first-order chi connectivity index (χ1) is 12.4. The van der Waals surface area contributed by atoms with E-state index in [1.54, 1.807) is 0 Å². The number of guanidine groups is 1. The Bertz CT molecular complexity index is 438. The molecule has 6 nitrogen and oxygen atoms in total. The van der Waals surface area contributed by atoms with Gasteiger partial charge in [-0.05, 0) is 47.0 Å². The van der Waals surface area contributed by atoms with E-state index in [0.29, 0.717) is 30.2 Å². The van der Waals surface area contributed by atoms with E-state index < -0.39 is 0 Å². The lowest BCUT2D eigenvalue weighted by Gasteiger charge is -2.35. The number of likely N-dealkylation sites (tertiary alicyclic amines) is 1. The summed E-state index contributed by atoms with van der Waals surface area (Å²) in [5.41, 5.74) is 0. The van der Waals surface area contributed by atoms with Crippen LogP contribution in [0, 0.1) is 5.92 Å².